The van der Waals surface area contributed by atoms with Crippen LogP contribution in [-0.2, 0) is 35.1 Å². The molecule has 1 aromatic rings. The summed E-state index contributed by atoms with van der Waals surface area (Å²) in [7, 11) is 1.29. The van der Waals surface area contributed by atoms with E-state index >= 15 is 0 Å². The Morgan fingerprint density at radius 1 is 0.833 bits per heavy atom. The molecule has 0 aromatic heterocycles. The minimum atomic E-state index is -0.746. The van der Waals surface area contributed by atoms with Crippen LogP contribution in [0, 0.1) is 17.8 Å². The summed E-state index contributed by atoms with van der Waals surface area (Å²) in [5, 5.41) is 3.08. The Hall–Kier alpha value is -2.94. The van der Waals surface area contributed by atoms with Crippen LogP contribution in [0.5, 0.6) is 11.5 Å². The maximum absolute atomic E-state index is 12.4. The van der Waals surface area contributed by atoms with Gasteiger partial charge in [-0.1, -0.05) is 47.6 Å². The molecule has 1 aromatic carbocycles. The number of nitrogens with one attached hydrogen (secondary N) is 1. The topological polar surface area (TPSA) is 117 Å². The van der Waals surface area contributed by atoms with Crippen molar-refractivity contribution < 1.29 is 38.1 Å². The molecule has 0 aliphatic heterocycles. The molecule has 1 unspecified atom stereocenters. The molecule has 202 valence electrons. The summed E-state index contributed by atoms with van der Waals surface area (Å²) in [6, 6.07) is 4.04. The third-order valence-corrected chi connectivity index (χ3v) is 5.21. The number of ether oxygens (including phenoxy) is 4. The van der Waals surface area contributed by atoms with Crippen molar-refractivity contribution in [2.24, 2.45) is 17.8 Å². The Kier molecular flexibility index (Phi) is 13.2. The molecule has 2 atom stereocenters. The second-order valence-corrected chi connectivity index (χ2v) is 9.85. The lowest BCUT2D eigenvalue weighted by molar-refractivity contribution is -0.148. The second kappa shape index (κ2) is 15.2. The molecule has 0 amide bonds. The first-order valence-corrected chi connectivity index (χ1v) is 12.4. The number of carbonyl (C=O) groups is 4. The fourth-order valence-electron chi connectivity index (χ4n) is 2.95. The average molecular weight is 508 g/mol. The first-order valence-electron chi connectivity index (χ1n) is 12.4. The van der Waals surface area contributed by atoms with Crippen LogP contribution in [0.1, 0.15) is 66.9 Å². The largest absolute Gasteiger partial charge is 0.468 e. The van der Waals surface area contributed by atoms with E-state index in [1.54, 1.807) is 46.8 Å². The zero-order chi connectivity index (χ0) is 27.4. The molecular weight excluding hydrogens is 466 g/mol. The SMILES string of the molecule is COC(=O)[C@H](Cc1ccc(OC(=O)C(C)C)c(OC(=O)C(C)C)c1)NCC(C)OC(=O)CCC(C)C. The van der Waals surface area contributed by atoms with E-state index in [1.165, 1.54) is 13.2 Å². The molecule has 0 fully saturated rings. The molecule has 36 heavy (non-hydrogen) atoms. The highest BCUT2D eigenvalue weighted by atomic mass is 16.6. The molecule has 0 saturated carbocycles. The summed E-state index contributed by atoms with van der Waals surface area (Å²) in [5.74, 6) is -1.86. The molecule has 0 aliphatic rings. The van der Waals surface area contributed by atoms with Gasteiger partial charge < -0.3 is 24.3 Å². The first-order chi connectivity index (χ1) is 16.8. The molecule has 0 bridgehead atoms. The third kappa shape index (κ3) is 11.2. The number of esters is 4. The van der Waals surface area contributed by atoms with Crippen LogP contribution < -0.4 is 14.8 Å². The molecule has 9 nitrogen and oxygen atoms in total. The Bertz CT molecular complexity index is 894. The number of benzene rings is 1. The van der Waals surface area contributed by atoms with Gasteiger partial charge >= 0.3 is 23.9 Å². The molecule has 9 heteroatoms. The summed E-state index contributed by atoms with van der Waals surface area (Å²) in [6.45, 7) is 12.9. The van der Waals surface area contributed by atoms with Gasteiger partial charge in [0.1, 0.15) is 12.1 Å². The van der Waals surface area contributed by atoms with Crippen LogP contribution in [0.2, 0.25) is 0 Å². The van der Waals surface area contributed by atoms with Gasteiger partial charge in [-0.15, -0.1) is 0 Å². The number of hydrogen-bond donors (Lipinski definition) is 1. The third-order valence-electron chi connectivity index (χ3n) is 5.21. The van der Waals surface area contributed by atoms with Gasteiger partial charge in [0.25, 0.3) is 0 Å². The van der Waals surface area contributed by atoms with Gasteiger partial charge in [0.15, 0.2) is 11.5 Å². The van der Waals surface area contributed by atoms with Gasteiger partial charge in [0, 0.05) is 13.0 Å². The van der Waals surface area contributed by atoms with Crippen molar-refractivity contribution in [1.82, 2.24) is 5.32 Å². The van der Waals surface area contributed by atoms with Crippen molar-refractivity contribution in [3.8, 4) is 11.5 Å². The van der Waals surface area contributed by atoms with Gasteiger partial charge in [0.05, 0.1) is 18.9 Å². The van der Waals surface area contributed by atoms with E-state index in [9.17, 15) is 19.2 Å². The fourth-order valence-corrected chi connectivity index (χ4v) is 2.95. The minimum absolute atomic E-state index is 0.0938. The predicted octanol–water partition coefficient (Wildman–Crippen LogP) is 3.85. The van der Waals surface area contributed by atoms with Crippen molar-refractivity contribution in [2.45, 2.75) is 79.9 Å². The Morgan fingerprint density at radius 2 is 1.42 bits per heavy atom. The summed E-state index contributed by atoms with van der Waals surface area (Å²) in [5.41, 5.74) is 0.649. The van der Waals surface area contributed by atoms with Crippen LogP contribution in [0.25, 0.3) is 0 Å². The Labute approximate surface area is 214 Å². The van der Waals surface area contributed by atoms with Crippen molar-refractivity contribution in [3.05, 3.63) is 23.8 Å². The molecular formula is C27H41NO8. The van der Waals surface area contributed by atoms with Gasteiger partial charge in [0.2, 0.25) is 0 Å². The van der Waals surface area contributed by atoms with Crippen LogP contribution in [0.15, 0.2) is 18.2 Å². The van der Waals surface area contributed by atoms with E-state index < -0.39 is 36.0 Å². The minimum Gasteiger partial charge on any atom is -0.468 e. The number of rotatable bonds is 14. The highest BCUT2D eigenvalue weighted by molar-refractivity contribution is 5.78. The Balaban J connectivity index is 2.99. The number of carbonyl (C=O) groups excluding carboxylic acids is 4. The first kappa shape index (κ1) is 31.1. The smallest absolute Gasteiger partial charge is 0.323 e. The van der Waals surface area contributed by atoms with Crippen molar-refractivity contribution in [2.75, 3.05) is 13.7 Å². The maximum Gasteiger partial charge on any atom is 0.323 e. The molecule has 1 N–H and O–H groups in total. The number of hydrogen-bond acceptors (Lipinski definition) is 9. The second-order valence-electron chi connectivity index (χ2n) is 9.85. The van der Waals surface area contributed by atoms with Gasteiger partial charge in [-0.05, 0) is 43.4 Å². The lowest BCUT2D eigenvalue weighted by atomic mass is 10.0. The molecule has 0 saturated heterocycles. The van der Waals surface area contributed by atoms with Crippen LogP contribution >= 0.6 is 0 Å². The van der Waals surface area contributed by atoms with Crippen LogP contribution in [0.4, 0.5) is 0 Å². The summed E-state index contributed by atoms with van der Waals surface area (Å²) >= 11 is 0. The van der Waals surface area contributed by atoms with Gasteiger partial charge in [-0.2, -0.15) is 0 Å². The molecule has 0 radical (unpaired) electrons. The summed E-state index contributed by atoms with van der Waals surface area (Å²) < 4.78 is 21.2. The number of methoxy groups -OCH3 is 1. The summed E-state index contributed by atoms with van der Waals surface area (Å²) in [4.78, 5) is 48.7. The van der Waals surface area contributed by atoms with Crippen molar-refractivity contribution >= 4 is 23.9 Å². The highest BCUT2D eigenvalue weighted by Crippen LogP contribution is 2.30. The normalized spacial score (nSPS) is 12.9. The summed E-state index contributed by atoms with van der Waals surface area (Å²) in [6.07, 6.45) is 0.840. The lowest BCUT2D eigenvalue weighted by Gasteiger charge is -2.21. The van der Waals surface area contributed by atoms with E-state index in [4.69, 9.17) is 18.9 Å². The fraction of sp³-hybridized carbons (Fsp3) is 0.630. The zero-order valence-corrected chi connectivity index (χ0v) is 22.7. The van der Waals surface area contributed by atoms with E-state index in [1.807, 2.05) is 13.8 Å². The van der Waals surface area contributed by atoms with E-state index in [-0.39, 0.29) is 36.4 Å². The van der Waals surface area contributed by atoms with Crippen LogP contribution in [0.3, 0.4) is 0 Å². The van der Waals surface area contributed by atoms with Crippen molar-refractivity contribution in [3.63, 3.8) is 0 Å². The quantitative estimate of drug-likeness (QED) is 0.296. The molecule has 1 rings (SSSR count). The monoisotopic (exact) mass is 507 g/mol. The molecule has 0 spiro atoms. The molecule has 0 aliphatic carbocycles. The average Bonchev–Trinajstić information content (AvgIpc) is 2.80. The Morgan fingerprint density at radius 3 is 1.94 bits per heavy atom. The van der Waals surface area contributed by atoms with E-state index in [0.29, 0.717) is 17.9 Å². The van der Waals surface area contributed by atoms with Gasteiger partial charge in [-0.25, -0.2) is 0 Å². The lowest BCUT2D eigenvalue weighted by Crippen LogP contribution is -2.43. The van der Waals surface area contributed by atoms with Gasteiger partial charge in [-0.3, -0.25) is 19.2 Å². The van der Waals surface area contributed by atoms with E-state index in [2.05, 4.69) is 5.32 Å². The predicted molar refractivity (Wildman–Crippen MR) is 135 cm³/mol. The standard InChI is InChI=1S/C27H41NO8/c1-16(2)9-12-24(29)34-19(7)15-28-21(27(32)33-8)13-20-10-11-22(35-25(30)17(3)4)23(14-20)36-26(31)18(5)6/h10-11,14,16-19,21,28H,9,12-13,15H2,1-8H3/t19?,21-/m0/s1. The van der Waals surface area contributed by atoms with E-state index in [0.717, 1.165) is 6.42 Å². The van der Waals surface area contributed by atoms with Crippen molar-refractivity contribution in [1.29, 1.82) is 0 Å². The maximum atomic E-state index is 12.4. The molecule has 0 heterocycles. The van der Waals surface area contributed by atoms with Crippen LogP contribution in [-0.4, -0.2) is 49.7 Å². The highest BCUT2D eigenvalue weighted by Gasteiger charge is 2.23. The zero-order valence-electron chi connectivity index (χ0n) is 22.7.